The summed E-state index contributed by atoms with van der Waals surface area (Å²) >= 11 is 0. The van der Waals surface area contributed by atoms with Crippen molar-refractivity contribution in [3.05, 3.63) is 53.6 Å². The minimum atomic E-state index is -2.06. The molecule has 0 aliphatic heterocycles. The Labute approximate surface area is 128 Å². The molecule has 0 bridgehead atoms. The monoisotopic (exact) mass is 306 g/mol. The van der Waals surface area contributed by atoms with Gasteiger partial charge < -0.3 is 15.2 Å². The van der Waals surface area contributed by atoms with E-state index in [1.165, 1.54) is 6.07 Å². The summed E-state index contributed by atoms with van der Waals surface area (Å²) in [7, 11) is -2.06. The molecule has 2 aromatic carbocycles. The third-order valence-corrected chi connectivity index (χ3v) is 3.56. The number of aliphatic hydroxyl groups is 1. The number of aliphatic hydroxyl groups excluding tert-OH is 1. The van der Waals surface area contributed by atoms with Gasteiger partial charge in [-0.2, -0.15) is 0 Å². The second-order valence-electron chi connectivity index (χ2n) is 5.13. The largest absolute Gasteiger partial charge is 0.491 e. The fraction of sp³-hybridized carbons (Fsp3) is 0.250. The first kappa shape index (κ1) is 16.6. The molecule has 1 atom stereocenters. The molecule has 0 heterocycles. The lowest BCUT2D eigenvalue weighted by Crippen LogP contribution is -2.33. The van der Waals surface area contributed by atoms with Crippen molar-refractivity contribution in [2.75, 3.05) is 0 Å². The summed E-state index contributed by atoms with van der Waals surface area (Å²) in [6.45, 7) is 1.97. The molecule has 1 unspecified atom stereocenters. The number of halogens is 2. The summed E-state index contributed by atoms with van der Waals surface area (Å²) in [5.41, 5.74) is 0.686. The van der Waals surface area contributed by atoms with Gasteiger partial charge in [-0.05, 0) is 17.5 Å². The quantitative estimate of drug-likeness (QED) is 0.742. The Kier molecular flexibility index (Phi) is 5.29. The van der Waals surface area contributed by atoms with Gasteiger partial charge in [0.15, 0.2) is 11.6 Å². The summed E-state index contributed by atoms with van der Waals surface area (Å²) in [5, 5.41) is 27.8. The molecule has 2 aromatic rings. The zero-order valence-electron chi connectivity index (χ0n) is 12.1. The molecule has 116 valence electrons. The topological polar surface area (TPSA) is 60.7 Å². The zero-order chi connectivity index (χ0) is 16.3. The Hall–Kier alpha value is -1.76. The second-order valence-corrected chi connectivity index (χ2v) is 5.13. The first-order valence-corrected chi connectivity index (χ1v) is 7.08. The molecule has 6 heteroatoms. The number of hydrogen-bond acceptors (Lipinski definition) is 3. The van der Waals surface area contributed by atoms with Crippen molar-refractivity contribution in [3.63, 3.8) is 0 Å². The summed E-state index contributed by atoms with van der Waals surface area (Å²) < 4.78 is 27.8. The Morgan fingerprint density at radius 2 is 1.64 bits per heavy atom. The van der Waals surface area contributed by atoms with Gasteiger partial charge in [0.2, 0.25) is 0 Å². The molecule has 0 aromatic heterocycles. The van der Waals surface area contributed by atoms with Crippen molar-refractivity contribution >= 4 is 12.6 Å². The van der Waals surface area contributed by atoms with Crippen LogP contribution in [-0.4, -0.2) is 22.3 Å². The summed E-state index contributed by atoms with van der Waals surface area (Å²) in [5.74, 6) is -2.41. The Balaban J connectivity index is 2.35. The number of hydrogen-bond donors (Lipinski definition) is 3. The fourth-order valence-electron chi connectivity index (χ4n) is 2.31. The maximum absolute atomic E-state index is 14.0. The van der Waals surface area contributed by atoms with Gasteiger partial charge in [-0.15, -0.1) is 0 Å². The molecule has 0 aliphatic carbocycles. The lowest BCUT2D eigenvalue weighted by atomic mass is 9.79. The number of rotatable bonds is 5. The van der Waals surface area contributed by atoms with E-state index >= 15 is 0 Å². The number of benzene rings is 2. The molecule has 0 spiro atoms. The second kappa shape index (κ2) is 7.00. The molecule has 0 saturated carbocycles. The zero-order valence-corrected chi connectivity index (χ0v) is 12.1. The molecular formula is C16H17BF2O3. The van der Waals surface area contributed by atoms with Crippen LogP contribution in [0.15, 0.2) is 36.4 Å². The van der Waals surface area contributed by atoms with Gasteiger partial charge in [0, 0.05) is 11.0 Å². The van der Waals surface area contributed by atoms with Gasteiger partial charge in [-0.1, -0.05) is 49.7 Å². The van der Waals surface area contributed by atoms with Crippen LogP contribution < -0.4 is 5.46 Å². The third kappa shape index (κ3) is 3.35. The SMILES string of the molecule is CCCC(O)c1ccc(-c2ccc(B(O)O)c(F)c2F)cc1. The van der Waals surface area contributed by atoms with E-state index in [1.807, 2.05) is 6.92 Å². The van der Waals surface area contributed by atoms with Crippen molar-refractivity contribution in [2.24, 2.45) is 0 Å². The molecule has 2 rings (SSSR count). The van der Waals surface area contributed by atoms with Crippen molar-refractivity contribution in [3.8, 4) is 11.1 Å². The normalized spacial score (nSPS) is 12.3. The predicted octanol–water partition coefficient (Wildman–Crippen LogP) is 2.15. The molecule has 0 saturated heterocycles. The van der Waals surface area contributed by atoms with E-state index in [0.29, 0.717) is 17.5 Å². The van der Waals surface area contributed by atoms with E-state index in [-0.39, 0.29) is 5.56 Å². The van der Waals surface area contributed by atoms with Crippen LogP contribution >= 0.6 is 0 Å². The van der Waals surface area contributed by atoms with E-state index in [2.05, 4.69) is 0 Å². The van der Waals surface area contributed by atoms with Crippen LogP contribution in [0.4, 0.5) is 8.78 Å². The summed E-state index contributed by atoms with van der Waals surface area (Å²) in [6.07, 6.45) is 0.895. The van der Waals surface area contributed by atoms with Crippen LogP contribution in [0.25, 0.3) is 11.1 Å². The van der Waals surface area contributed by atoms with Gasteiger partial charge >= 0.3 is 7.12 Å². The molecule has 0 aliphatic rings. The standard InChI is InChI=1S/C16H17BF2O3/c1-2-3-14(20)11-6-4-10(5-7-11)12-8-9-13(17(21)22)16(19)15(12)18/h4-9,14,20-22H,2-3H2,1H3. The van der Waals surface area contributed by atoms with Crippen LogP contribution in [0.1, 0.15) is 31.4 Å². The highest BCUT2D eigenvalue weighted by atomic mass is 19.2. The van der Waals surface area contributed by atoms with E-state index < -0.39 is 30.3 Å². The Bertz CT molecular complexity index is 645. The highest BCUT2D eigenvalue weighted by molar-refractivity contribution is 6.58. The lowest BCUT2D eigenvalue weighted by Gasteiger charge is -2.12. The predicted molar refractivity (Wildman–Crippen MR) is 81.5 cm³/mol. The van der Waals surface area contributed by atoms with Gasteiger partial charge in [0.05, 0.1) is 6.10 Å². The van der Waals surface area contributed by atoms with Crippen molar-refractivity contribution < 1.29 is 23.9 Å². The Morgan fingerprint density at radius 3 is 2.18 bits per heavy atom. The van der Waals surface area contributed by atoms with Crippen molar-refractivity contribution in [1.82, 2.24) is 0 Å². The van der Waals surface area contributed by atoms with E-state index in [1.54, 1.807) is 24.3 Å². The van der Waals surface area contributed by atoms with Crippen LogP contribution in [-0.2, 0) is 0 Å². The van der Waals surface area contributed by atoms with Crippen molar-refractivity contribution in [1.29, 1.82) is 0 Å². The van der Waals surface area contributed by atoms with Crippen LogP contribution in [0.3, 0.4) is 0 Å². The van der Waals surface area contributed by atoms with Crippen LogP contribution in [0.5, 0.6) is 0 Å². The maximum Gasteiger partial charge on any atom is 0.491 e. The highest BCUT2D eigenvalue weighted by Crippen LogP contribution is 2.26. The minimum Gasteiger partial charge on any atom is -0.423 e. The van der Waals surface area contributed by atoms with E-state index in [9.17, 15) is 13.9 Å². The van der Waals surface area contributed by atoms with Gasteiger partial charge in [0.25, 0.3) is 0 Å². The molecule has 0 amide bonds. The first-order valence-electron chi connectivity index (χ1n) is 7.08. The van der Waals surface area contributed by atoms with Crippen LogP contribution in [0, 0.1) is 11.6 Å². The smallest absolute Gasteiger partial charge is 0.423 e. The molecular weight excluding hydrogens is 289 g/mol. The average Bonchev–Trinajstić information content (AvgIpc) is 2.50. The van der Waals surface area contributed by atoms with Crippen LogP contribution in [0.2, 0.25) is 0 Å². The van der Waals surface area contributed by atoms with Gasteiger partial charge in [-0.25, -0.2) is 8.78 Å². The fourth-order valence-corrected chi connectivity index (χ4v) is 2.31. The summed E-state index contributed by atoms with van der Waals surface area (Å²) in [6, 6.07) is 8.97. The first-order chi connectivity index (χ1) is 10.5. The molecule has 0 fully saturated rings. The van der Waals surface area contributed by atoms with E-state index in [0.717, 1.165) is 12.5 Å². The maximum atomic E-state index is 14.0. The molecule has 22 heavy (non-hydrogen) atoms. The average molecular weight is 306 g/mol. The highest BCUT2D eigenvalue weighted by Gasteiger charge is 2.22. The molecule has 3 nitrogen and oxygen atoms in total. The summed E-state index contributed by atoms with van der Waals surface area (Å²) in [4.78, 5) is 0. The minimum absolute atomic E-state index is 0.0263. The van der Waals surface area contributed by atoms with E-state index in [4.69, 9.17) is 10.0 Å². The third-order valence-electron chi connectivity index (χ3n) is 3.56. The van der Waals surface area contributed by atoms with Gasteiger partial charge in [-0.3, -0.25) is 0 Å². The molecule has 0 radical (unpaired) electrons. The Morgan fingerprint density at radius 1 is 1.00 bits per heavy atom. The molecule has 3 N–H and O–H groups in total. The van der Waals surface area contributed by atoms with Gasteiger partial charge in [0.1, 0.15) is 0 Å². The van der Waals surface area contributed by atoms with Crippen molar-refractivity contribution in [2.45, 2.75) is 25.9 Å². The lowest BCUT2D eigenvalue weighted by molar-refractivity contribution is 0.166.